The molecule has 0 aliphatic rings. The van der Waals surface area contributed by atoms with Crippen LogP contribution in [0.1, 0.15) is 135 Å². The molecule has 234 valence electrons. The number of halogens is 1. The van der Waals surface area contributed by atoms with Gasteiger partial charge in [0.05, 0.1) is 0 Å². The number of aromatic amines is 1. The zero-order chi connectivity index (χ0) is 31.5. The van der Waals surface area contributed by atoms with E-state index < -0.39 is 18.4 Å². The number of unbranched alkanes of at least 4 members (excludes halogenated alkanes) is 3. The van der Waals surface area contributed by atoms with Gasteiger partial charge in [0, 0.05) is 40.9 Å². The van der Waals surface area contributed by atoms with Gasteiger partial charge in [-0.25, -0.2) is 0 Å². The van der Waals surface area contributed by atoms with Gasteiger partial charge in [-0.05, 0) is 23.5 Å². The number of hydrogen-bond donors (Lipinski definition) is 1. The van der Waals surface area contributed by atoms with E-state index in [1.54, 1.807) is 43.5 Å². The van der Waals surface area contributed by atoms with E-state index in [0.29, 0.717) is 17.8 Å². The first-order valence-electron chi connectivity index (χ1n) is 16.2. The average Bonchev–Trinajstić information content (AvgIpc) is 2.98. The van der Waals surface area contributed by atoms with Crippen molar-refractivity contribution >= 4 is 37.9 Å². The van der Waals surface area contributed by atoms with Crippen molar-refractivity contribution in [1.82, 2.24) is 15.0 Å². The van der Waals surface area contributed by atoms with Gasteiger partial charge in [0.2, 0.25) is 0 Å². The van der Waals surface area contributed by atoms with Gasteiger partial charge in [0.1, 0.15) is 0 Å². The van der Waals surface area contributed by atoms with Crippen molar-refractivity contribution in [1.29, 1.82) is 0 Å². The Kier molecular flexibility index (Phi) is 19.5. The molecule has 0 atom stereocenters. The molecule has 0 aliphatic heterocycles. The van der Waals surface area contributed by atoms with E-state index in [0.717, 1.165) is 10.0 Å². The van der Waals surface area contributed by atoms with Crippen LogP contribution in [0.2, 0.25) is 13.3 Å². The molecule has 0 fully saturated rings. The molecule has 6 heteroatoms. The van der Waals surface area contributed by atoms with Gasteiger partial charge in [0.15, 0.2) is 5.43 Å². The summed E-state index contributed by atoms with van der Waals surface area (Å²) in [5.74, 6) is 1.47. The summed E-state index contributed by atoms with van der Waals surface area (Å²) < 4.78 is 7.62. The molecule has 0 unspecified atom stereocenters. The first kappa shape index (κ1) is 38.6. The first-order valence-corrected chi connectivity index (χ1v) is 24.5. The minimum atomic E-state index is -2.28. The second-order valence-electron chi connectivity index (χ2n) is 12.4. The van der Waals surface area contributed by atoms with Crippen molar-refractivity contribution in [2.45, 2.75) is 132 Å². The molecule has 0 saturated heterocycles. The Morgan fingerprint density at radius 2 is 1.19 bits per heavy atom. The molecule has 0 aliphatic carbocycles. The molecule has 0 aromatic carbocycles. The fourth-order valence-electron chi connectivity index (χ4n) is 5.37. The Labute approximate surface area is 270 Å². The maximum absolute atomic E-state index is 11.0. The monoisotopic (exact) mass is 747 g/mol. The van der Waals surface area contributed by atoms with E-state index in [1.807, 2.05) is 29.7 Å². The van der Waals surface area contributed by atoms with Gasteiger partial charge in [-0.1, -0.05) is 43.6 Å². The molecular formula is C36H58BrN3OSn. The van der Waals surface area contributed by atoms with E-state index >= 15 is 0 Å². The maximum atomic E-state index is 11.0. The molecule has 1 N–H and O–H groups in total. The van der Waals surface area contributed by atoms with Gasteiger partial charge >= 0.3 is 143 Å². The number of nitrogens with zero attached hydrogens (tertiary/aromatic N) is 2. The third-order valence-electron chi connectivity index (χ3n) is 7.97. The van der Waals surface area contributed by atoms with Gasteiger partial charge < -0.3 is 4.98 Å². The molecule has 3 rings (SSSR count). The van der Waals surface area contributed by atoms with Crippen LogP contribution in [0.15, 0.2) is 64.6 Å². The number of aromatic nitrogens is 3. The van der Waals surface area contributed by atoms with Crippen molar-refractivity contribution in [2.75, 3.05) is 0 Å². The second kappa shape index (κ2) is 21.3. The topological polar surface area (TPSA) is 58.6 Å². The van der Waals surface area contributed by atoms with E-state index in [1.165, 1.54) is 44.1 Å². The van der Waals surface area contributed by atoms with Crippen LogP contribution in [0.5, 0.6) is 0 Å². The molecule has 0 bridgehead atoms. The Bertz CT molecular complexity index is 1170. The van der Waals surface area contributed by atoms with Crippen LogP contribution in [0, 0.1) is 0 Å². The van der Waals surface area contributed by atoms with Crippen LogP contribution >= 0.6 is 15.9 Å². The van der Waals surface area contributed by atoms with Gasteiger partial charge in [-0.15, -0.1) is 0 Å². The van der Waals surface area contributed by atoms with Crippen LogP contribution in [0.3, 0.4) is 0 Å². The molecule has 4 nitrogen and oxygen atoms in total. The summed E-state index contributed by atoms with van der Waals surface area (Å²) in [6, 6.07) is 5.94. The third-order valence-corrected chi connectivity index (χ3v) is 24.5. The summed E-state index contributed by atoms with van der Waals surface area (Å²) in [4.78, 5) is 22.4. The standard InChI is InChI=1S/C8H10BrN.C8H11NO.C8H10N.3C4H9.Sn/c1-6(2)7-5-10-4-3-8(7)9;1-6(2)7-5-9-4-3-8(7)10;1-7(2)8-4-3-5-9-6-8;3*1-3-4-2;/h3-6H,1-2H3;3-6H,1-2H3,(H,9,10);3,5-7H,1-2H3;3*1,3-4H2,2H3;. The number of H-pyrrole nitrogens is 1. The number of hydrogen-bond acceptors (Lipinski definition) is 3. The normalized spacial score (nSPS) is 11.3. The van der Waals surface area contributed by atoms with Crippen LogP contribution in [0.25, 0.3) is 0 Å². The average molecular weight is 747 g/mol. The third kappa shape index (κ3) is 13.0. The van der Waals surface area contributed by atoms with Crippen LogP contribution in [0.4, 0.5) is 0 Å². The Hall–Kier alpha value is -1.47. The molecule has 3 aromatic rings. The second-order valence-corrected chi connectivity index (χ2v) is 26.4. The molecule has 0 spiro atoms. The Morgan fingerprint density at radius 3 is 1.57 bits per heavy atom. The quantitative estimate of drug-likeness (QED) is 0.177. The van der Waals surface area contributed by atoms with E-state index in [9.17, 15) is 4.79 Å². The van der Waals surface area contributed by atoms with Crippen molar-refractivity contribution in [3.63, 3.8) is 0 Å². The van der Waals surface area contributed by atoms with Crippen LogP contribution < -0.4 is 9.01 Å². The van der Waals surface area contributed by atoms with Crippen LogP contribution in [-0.4, -0.2) is 33.3 Å². The SMILES string of the molecule is CC(C)c1c[nH]ccc1=O.CC(C)c1cnccc1Br.CCC[CH2][Sn]([CH2]CCC)([CH2]CCC)[c]1ccncc1C(C)C. The molecule has 0 amide bonds. The van der Waals surface area contributed by atoms with E-state index in [4.69, 9.17) is 0 Å². The zero-order valence-corrected chi connectivity index (χ0v) is 32.4. The minimum absolute atomic E-state index is 0.119. The molecule has 3 heterocycles. The fourth-order valence-corrected chi connectivity index (χ4v) is 23.3. The fraction of sp³-hybridized carbons (Fsp3) is 0.583. The summed E-state index contributed by atoms with van der Waals surface area (Å²) in [7, 11) is 0. The summed E-state index contributed by atoms with van der Waals surface area (Å²) in [5.41, 5.74) is 3.81. The predicted molar refractivity (Wildman–Crippen MR) is 190 cm³/mol. The summed E-state index contributed by atoms with van der Waals surface area (Å²) >= 11 is 1.17. The summed E-state index contributed by atoms with van der Waals surface area (Å²) in [5, 5.41) is 0. The van der Waals surface area contributed by atoms with E-state index in [-0.39, 0.29) is 5.43 Å². The van der Waals surface area contributed by atoms with Gasteiger partial charge in [-0.2, -0.15) is 0 Å². The Balaban J connectivity index is 0.000000362. The number of pyridine rings is 3. The first-order chi connectivity index (χ1) is 20.0. The Morgan fingerprint density at radius 1 is 0.714 bits per heavy atom. The van der Waals surface area contributed by atoms with Crippen molar-refractivity contribution in [2.24, 2.45) is 0 Å². The van der Waals surface area contributed by atoms with E-state index in [2.05, 4.69) is 97.8 Å². The van der Waals surface area contributed by atoms with Crippen LogP contribution in [-0.2, 0) is 0 Å². The summed E-state index contributed by atoms with van der Waals surface area (Å²) in [6.45, 7) is 20.1. The molecule has 0 radical (unpaired) electrons. The number of nitrogens with one attached hydrogen (secondary N) is 1. The molecule has 42 heavy (non-hydrogen) atoms. The predicted octanol–water partition coefficient (Wildman–Crippen LogP) is 10.7. The van der Waals surface area contributed by atoms with Gasteiger partial charge in [0.25, 0.3) is 0 Å². The van der Waals surface area contributed by atoms with Crippen molar-refractivity contribution in [3.8, 4) is 0 Å². The number of rotatable bonds is 13. The summed E-state index contributed by atoms with van der Waals surface area (Å²) in [6.07, 6.45) is 19.7. The van der Waals surface area contributed by atoms with Gasteiger partial charge in [-0.3, -0.25) is 9.78 Å². The van der Waals surface area contributed by atoms with Crippen molar-refractivity contribution in [3.05, 3.63) is 86.8 Å². The molecular weight excluding hydrogens is 689 g/mol. The molecule has 3 aromatic heterocycles. The molecule has 0 saturated carbocycles. The van der Waals surface area contributed by atoms with Crippen molar-refractivity contribution < 1.29 is 0 Å². The zero-order valence-electron chi connectivity index (χ0n) is 28.0.